The van der Waals surface area contributed by atoms with Crippen LogP contribution in [0.15, 0.2) is 0 Å². The van der Waals surface area contributed by atoms with E-state index in [1.807, 2.05) is 0 Å². The minimum absolute atomic E-state index is 0.117. The first-order valence-corrected chi connectivity index (χ1v) is 7.20. The predicted molar refractivity (Wildman–Crippen MR) is 76.0 cm³/mol. The first-order chi connectivity index (χ1) is 8.95. The number of nitrogens with one attached hydrogen (secondary N) is 1. The molecule has 0 amide bonds. The maximum absolute atomic E-state index is 11.7. The standard InChI is InChI=1S/C13H20N2O3S/c1-5-18-12(17)10-11(9(4)16)19-13(15-10)14-7-6-8(2)3/h8H,5-7H2,1-4H3,(H,14,15). The fraction of sp³-hybridized carbons (Fsp3) is 0.615. The molecule has 1 rings (SSSR count). The molecule has 106 valence electrons. The smallest absolute Gasteiger partial charge is 0.358 e. The normalized spacial score (nSPS) is 10.6. The van der Waals surface area contributed by atoms with Crippen molar-refractivity contribution in [2.75, 3.05) is 18.5 Å². The third kappa shape index (κ3) is 4.63. The van der Waals surface area contributed by atoms with E-state index in [0.717, 1.165) is 13.0 Å². The summed E-state index contributed by atoms with van der Waals surface area (Å²) in [6.45, 7) is 8.45. The summed E-state index contributed by atoms with van der Waals surface area (Å²) in [6.07, 6.45) is 1.00. The van der Waals surface area contributed by atoms with Gasteiger partial charge < -0.3 is 10.1 Å². The number of rotatable bonds is 7. The summed E-state index contributed by atoms with van der Waals surface area (Å²) in [7, 11) is 0. The lowest BCUT2D eigenvalue weighted by Gasteiger charge is -2.04. The van der Waals surface area contributed by atoms with Crippen molar-refractivity contribution in [2.45, 2.75) is 34.1 Å². The molecule has 5 nitrogen and oxygen atoms in total. The zero-order valence-corrected chi connectivity index (χ0v) is 12.6. The Morgan fingerprint density at radius 3 is 2.63 bits per heavy atom. The van der Waals surface area contributed by atoms with Crippen LogP contribution in [0.5, 0.6) is 0 Å². The third-order valence-corrected chi connectivity index (χ3v) is 3.53. The third-order valence-electron chi connectivity index (χ3n) is 2.41. The van der Waals surface area contributed by atoms with Crippen LogP contribution in [-0.2, 0) is 4.74 Å². The van der Waals surface area contributed by atoms with E-state index in [9.17, 15) is 9.59 Å². The van der Waals surface area contributed by atoms with E-state index < -0.39 is 5.97 Å². The van der Waals surface area contributed by atoms with Crippen molar-refractivity contribution in [1.29, 1.82) is 0 Å². The second-order valence-electron chi connectivity index (χ2n) is 4.58. The molecule has 0 spiro atoms. The highest BCUT2D eigenvalue weighted by atomic mass is 32.1. The van der Waals surface area contributed by atoms with E-state index in [4.69, 9.17) is 4.74 Å². The SMILES string of the molecule is CCOC(=O)c1nc(NCCC(C)C)sc1C(C)=O. The molecule has 0 unspecified atom stereocenters. The van der Waals surface area contributed by atoms with Gasteiger partial charge in [0, 0.05) is 13.5 Å². The molecule has 6 heteroatoms. The second kappa shape index (κ2) is 7.23. The molecular formula is C13H20N2O3S. The minimum Gasteiger partial charge on any atom is -0.461 e. The largest absolute Gasteiger partial charge is 0.461 e. The van der Waals surface area contributed by atoms with E-state index in [2.05, 4.69) is 24.1 Å². The Balaban J connectivity index is 2.82. The number of carbonyl (C=O) groups excluding carboxylic acids is 2. The van der Waals surface area contributed by atoms with E-state index >= 15 is 0 Å². The Kier molecular flexibility index (Phi) is 5.95. The van der Waals surface area contributed by atoms with Gasteiger partial charge >= 0.3 is 5.97 Å². The number of nitrogens with zero attached hydrogens (tertiary/aromatic N) is 1. The average Bonchev–Trinajstić information content (AvgIpc) is 2.73. The van der Waals surface area contributed by atoms with Crippen LogP contribution in [0.1, 0.15) is 54.3 Å². The van der Waals surface area contributed by atoms with Gasteiger partial charge in [-0.1, -0.05) is 25.2 Å². The molecule has 0 fully saturated rings. The molecule has 1 heterocycles. The lowest BCUT2D eigenvalue weighted by molar-refractivity contribution is 0.0517. The van der Waals surface area contributed by atoms with E-state index in [0.29, 0.717) is 15.9 Å². The fourth-order valence-corrected chi connectivity index (χ4v) is 2.31. The van der Waals surface area contributed by atoms with Crippen molar-refractivity contribution in [3.05, 3.63) is 10.6 Å². The van der Waals surface area contributed by atoms with Gasteiger partial charge in [0.2, 0.25) is 0 Å². The van der Waals surface area contributed by atoms with Gasteiger partial charge in [0.1, 0.15) is 4.88 Å². The number of hydrogen-bond acceptors (Lipinski definition) is 6. The molecule has 0 atom stereocenters. The Morgan fingerprint density at radius 2 is 2.11 bits per heavy atom. The number of esters is 1. The Bertz CT molecular complexity index is 455. The van der Waals surface area contributed by atoms with Crippen LogP contribution in [0.3, 0.4) is 0 Å². The number of hydrogen-bond donors (Lipinski definition) is 1. The van der Waals surface area contributed by atoms with Gasteiger partial charge in [-0.2, -0.15) is 0 Å². The lowest BCUT2D eigenvalue weighted by Crippen LogP contribution is -2.10. The summed E-state index contributed by atoms with van der Waals surface area (Å²) in [6, 6.07) is 0. The first-order valence-electron chi connectivity index (χ1n) is 6.38. The lowest BCUT2D eigenvalue weighted by atomic mass is 10.1. The van der Waals surface area contributed by atoms with Crippen molar-refractivity contribution < 1.29 is 14.3 Å². The zero-order chi connectivity index (χ0) is 14.4. The molecule has 19 heavy (non-hydrogen) atoms. The van der Waals surface area contributed by atoms with Gasteiger partial charge in [-0.25, -0.2) is 9.78 Å². The maximum Gasteiger partial charge on any atom is 0.358 e. The van der Waals surface area contributed by atoms with Crippen LogP contribution < -0.4 is 5.32 Å². The van der Waals surface area contributed by atoms with Gasteiger partial charge in [-0.3, -0.25) is 4.79 Å². The quantitative estimate of drug-likeness (QED) is 0.616. The number of ether oxygens (including phenoxy) is 1. The Morgan fingerprint density at radius 1 is 1.42 bits per heavy atom. The van der Waals surface area contributed by atoms with Crippen LogP contribution in [0, 0.1) is 5.92 Å². The summed E-state index contributed by atoms with van der Waals surface area (Å²) in [5.74, 6) is -0.123. The molecule has 1 N–H and O–H groups in total. The van der Waals surface area contributed by atoms with Crippen LogP contribution in [0.4, 0.5) is 5.13 Å². The van der Waals surface area contributed by atoms with E-state index in [1.54, 1.807) is 6.92 Å². The number of aromatic nitrogens is 1. The Labute approximate surface area is 117 Å². The number of anilines is 1. The molecule has 1 aromatic rings. The zero-order valence-electron chi connectivity index (χ0n) is 11.8. The summed E-state index contributed by atoms with van der Waals surface area (Å²) >= 11 is 1.20. The molecule has 0 radical (unpaired) electrons. The van der Waals surface area contributed by atoms with Crippen molar-refractivity contribution in [2.24, 2.45) is 5.92 Å². The van der Waals surface area contributed by atoms with E-state index in [-0.39, 0.29) is 18.1 Å². The summed E-state index contributed by atoms with van der Waals surface area (Å²) in [5.41, 5.74) is 0.117. The molecule has 0 aliphatic heterocycles. The number of ketones is 1. The molecule has 1 aromatic heterocycles. The van der Waals surface area contributed by atoms with Gasteiger partial charge in [0.25, 0.3) is 0 Å². The summed E-state index contributed by atoms with van der Waals surface area (Å²) in [4.78, 5) is 27.7. The average molecular weight is 284 g/mol. The van der Waals surface area contributed by atoms with Gasteiger partial charge in [-0.15, -0.1) is 0 Å². The second-order valence-corrected chi connectivity index (χ2v) is 5.58. The van der Waals surface area contributed by atoms with Crippen molar-refractivity contribution in [3.8, 4) is 0 Å². The molecule has 0 aliphatic carbocycles. The monoisotopic (exact) mass is 284 g/mol. The van der Waals surface area contributed by atoms with Crippen LogP contribution >= 0.6 is 11.3 Å². The van der Waals surface area contributed by atoms with Gasteiger partial charge in [0.05, 0.1) is 6.61 Å². The molecule has 0 bridgehead atoms. The van der Waals surface area contributed by atoms with Crippen LogP contribution in [0.2, 0.25) is 0 Å². The summed E-state index contributed by atoms with van der Waals surface area (Å²) in [5, 5.41) is 3.73. The van der Waals surface area contributed by atoms with Gasteiger partial charge in [0.15, 0.2) is 16.6 Å². The maximum atomic E-state index is 11.7. The highest BCUT2D eigenvalue weighted by molar-refractivity contribution is 7.17. The topological polar surface area (TPSA) is 68.3 Å². The number of carbonyl (C=O) groups is 2. The molecular weight excluding hydrogens is 264 g/mol. The van der Waals surface area contributed by atoms with Crippen molar-refractivity contribution in [1.82, 2.24) is 4.98 Å². The molecule has 0 aliphatic rings. The van der Waals surface area contributed by atoms with Gasteiger partial charge in [-0.05, 0) is 19.3 Å². The highest BCUT2D eigenvalue weighted by Gasteiger charge is 2.22. The highest BCUT2D eigenvalue weighted by Crippen LogP contribution is 2.24. The van der Waals surface area contributed by atoms with E-state index in [1.165, 1.54) is 18.3 Å². The Hall–Kier alpha value is -1.43. The minimum atomic E-state index is -0.541. The first kappa shape index (κ1) is 15.6. The van der Waals surface area contributed by atoms with Crippen LogP contribution in [0.25, 0.3) is 0 Å². The molecule has 0 aromatic carbocycles. The predicted octanol–water partition coefficient (Wildman–Crippen LogP) is 2.98. The number of Topliss-reactive ketones (excluding diaryl/α,β-unsaturated/α-hetero) is 1. The molecule has 0 saturated carbocycles. The summed E-state index contributed by atoms with van der Waals surface area (Å²) < 4.78 is 4.90. The van der Waals surface area contributed by atoms with Crippen LogP contribution in [-0.4, -0.2) is 29.9 Å². The van der Waals surface area contributed by atoms with Crippen molar-refractivity contribution in [3.63, 3.8) is 0 Å². The number of thiazole rings is 1. The molecule has 0 saturated heterocycles. The fourth-order valence-electron chi connectivity index (χ4n) is 1.44. The van der Waals surface area contributed by atoms with Crippen molar-refractivity contribution >= 4 is 28.2 Å².